The predicted molar refractivity (Wildman–Crippen MR) is 68.5 cm³/mol. The van der Waals surface area contributed by atoms with Crippen LogP contribution >= 0.6 is 11.8 Å². The van der Waals surface area contributed by atoms with E-state index in [9.17, 15) is 5.26 Å². The van der Waals surface area contributed by atoms with Crippen LogP contribution in [0.25, 0.3) is 11.2 Å². The number of nitrogens with one attached hydrogen (secondary N) is 1. The van der Waals surface area contributed by atoms with Crippen molar-refractivity contribution < 1.29 is 0 Å². The first-order valence-corrected chi connectivity index (χ1v) is 6.28. The third-order valence-electron chi connectivity index (χ3n) is 2.66. The Bertz CT molecular complexity index is 795. The lowest BCUT2D eigenvalue weighted by Gasteiger charge is -2.02. The van der Waals surface area contributed by atoms with Crippen molar-refractivity contribution in [1.29, 1.82) is 5.26 Å². The van der Waals surface area contributed by atoms with Crippen molar-refractivity contribution >= 4 is 22.9 Å². The lowest BCUT2D eigenvalue weighted by molar-refractivity contribution is 0.691. The Morgan fingerprint density at radius 3 is 3.00 bits per heavy atom. The van der Waals surface area contributed by atoms with Gasteiger partial charge in [0.15, 0.2) is 5.65 Å². The second kappa shape index (κ2) is 4.37. The number of fused-ring (bicyclic) bond motifs is 1. The largest absolute Gasteiger partial charge is 0.341 e. The summed E-state index contributed by atoms with van der Waals surface area (Å²) in [5, 5.41) is 14.9. The molecule has 0 unspecified atom stereocenters. The van der Waals surface area contributed by atoms with Crippen LogP contribution in [0.15, 0.2) is 22.7 Å². The van der Waals surface area contributed by atoms with Crippen molar-refractivity contribution in [3.63, 3.8) is 0 Å². The van der Waals surface area contributed by atoms with E-state index in [-0.39, 0.29) is 0 Å². The van der Waals surface area contributed by atoms with Crippen LogP contribution in [0.2, 0.25) is 0 Å². The molecular weight excluding hydrogens is 262 g/mol. The molecule has 0 atom stereocenters. The van der Waals surface area contributed by atoms with Crippen LogP contribution in [-0.2, 0) is 7.05 Å². The molecule has 3 rings (SSSR count). The molecule has 1 N–H and O–H groups in total. The van der Waals surface area contributed by atoms with E-state index in [0.717, 1.165) is 15.6 Å². The van der Waals surface area contributed by atoms with Gasteiger partial charge in [0.25, 0.3) is 0 Å². The number of aromatic nitrogens is 6. The number of hydrogen-bond donors (Lipinski definition) is 1. The normalized spacial score (nSPS) is 10.8. The Morgan fingerprint density at radius 2 is 2.21 bits per heavy atom. The molecule has 0 aromatic carbocycles. The van der Waals surface area contributed by atoms with Crippen molar-refractivity contribution in [3.05, 3.63) is 23.9 Å². The Labute approximate surface area is 112 Å². The molecule has 3 aromatic rings. The van der Waals surface area contributed by atoms with E-state index >= 15 is 0 Å². The van der Waals surface area contributed by atoms with Crippen molar-refractivity contribution in [2.75, 3.05) is 0 Å². The molecule has 3 heterocycles. The molecular formula is C11H9N7S. The second-order valence-electron chi connectivity index (χ2n) is 3.88. The van der Waals surface area contributed by atoms with Crippen molar-refractivity contribution in [2.45, 2.75) is 17.0 Å². The fourth-order valence-corrected chi connectivity index (χ4v) is 2.80. The average Bonchev–Trinajstić information content (AvgIpc) is 2.96. The van der Waals surface area contributed by atoms with Gasteiger partial charge in [-0.05, 0) is 18.7 Å². The van der Waals surface area contributed by atoms with Crippen LogP contribution in [-0.4, -0.2) is 29.7 Å². The van der Waals surface area contributed by atoms with Gasteiger partial charge in [-0.2, -0.15) is 10.4 Å². The Hall–Kier alpha value is -2.40. The summed E-state index contributed by atoms with van der Waals surface area (Å²) in [6, 6.07) is 2.17. The molecule has 0 fully saturated rings. The van der Waals surface area contributed by atoms with Crippen molar-refractivity contribution in [2.24, 2.45) is 7.05 Å². The van der Waals surface area contributed by atoms with Crippen LogP contribution in [0.3, 0.4) is 0 Å². The number of aryl methyl sites for hydroxylation is 2. The quantitative estimate of drug-likeness (QED) is 0.708. The lowest BCUT2D eigenvalue weighted by atomic mass is 10.3. The minimum Gasteiger partial charge on any atom is -0.341 e. The third-order valence-corrected chi connectivity index (χ3v) is 3.83. The molecule has 0 bridgehead atoms. The number of nitriles is 1. The Balaban J connectivity index is 2.12. The highest BCUT2D eigenvalue weighted by Crippen LogP contribution is 2.32. The molecule has 0 radical (unpaired) electrons. The van der Waals surface area contributed by atoms with E-state index in [1.165, 1.54) is 18.1 Å². The van der Waals surface area contributed by atoms with Gasteiger partial charge in [-0.3, -0.25) is 4.68 Å². The van der Waals surface area contributed by atoms with Gasteiger partial charge >= 0.3 is 0 Å². The molecule has 0 aliphatic rings. The molecule has 0 spiro atoms. The smallest absolute Gasteiger partial charge is 0.181 e. The zero-order valence-corrected chi connectivity index (χ0v) is 11.1. The summed E-state index contributed by atoms with van der Waals surface area (Å²) in [7, 11) is 1.81. The van der Waals surface area contributed by atoms with Gasteiger partial charge in [0.1, 0.15) is 33.5 Å². The van der Waals surface area contributed by atoms with Crippen molar-refractivity contribution in [1.82, 2.24) is 29.7 Å². The molecule has 8 heteroatoms. The first-order chi connectivity index (χ1) is 9.20. The zero-order chi connectivity index (χ0) is 13.4. The van der Waals surface area contributed by atoms with E-state index in [2.05, 4.69) is 31.1 Å². The van der Waals surface area contributed by atoms with Gasteiger partial charge in [0.2, 0.25) is 0 Å². The molecule has 0 aliphatic carbocycles. The maximum atomic E-state index is 9.19. The standard InChI is InChI=1S/C11H9N7S/c1-6-7(3-12)11(18(2)17-6)19-10-8-9(14-4-13-8)15-5-16-10/h4-5H,1-2H3,(H,13,14,15,16). The highest BCUT2D eigenvalue weighted by Gasteiger charge is 2.17. The summed E-state index contributed by atoms with van der Waals surface area (Å²) in [4.78, 5) is 15.4. The van der Waals surface area contributed by atoms with Gasteiger partial charge in [-0.25, -0.2) is 15.0 Å². The van der Waals surface area contributed by atoms with Gasteiger partial charge < -0.3 is 4.98 Å². The second-order valence-corrected chi connectivity index (χ2v) is 4.86. The molecule has 7 nitrogen and oxygen atoms in total. The van der Waals surface area contributed by atoms with E-state index in [1.54, 1.807) is 11.0 Å². The summed E-state index contributed by atoms with van der Waals surface area (Å²) >= 11 is 1.38. The molecule has 0 aliphatic heterocycles. The third kappa shape index (κ3) is 1.84. The van der Waals surface area contributed by atoms with E-state index in [0.29, 0.717) is 16.9 Å². The predicted octanol–water partition coefficient (Wildman–Crippen LogP) is 1.42. The fraction of sp³-hybridized carbons (Fsp3) is 0.182. The van der Waals surface area contributed by atoms with Gasteiger partial charge in [-0.15, -0.1) is 0 Å². The number of H-pyrrole nitrogens is 1. The van der Waals surface area contributed by atoms with E-state index < -0.39 is 0 Å². The summed E-state index contributed by atoms with van der Waals surface area (Å²) in [5.41, 5.74) is 2.64. The molecule has 0 amide bonds. The minimum atomic E-state index is 0.568. The summed E-state index contributed by atoms with van der Waals surface area (Å²) in [6.45, 7) is 1.81. The highest BCUT2D eigenvalue weighted by molar-refractivity contribution is 7.99. The molecule has 19 heavy (non-hydrogen) atoms. The zero-order valence-electron chi connectivity index (χ0n) is 10.2. The van der Waals surface area contributed by atoms with E-state index in [1.807, 2.05) is 14.0 Å². The highest BCUT2D eigenvalue weighted by atomic mass is 32.2. The monoisotopic (exact) mass is 271 g/mol. The van der Waals surface area contributed by atoms with Crippen LogP contribution in [0.5, 0.6) is 0 Å². The lowest BCUT2D eigenvalue weighted by Crippen LogP contribution is -1.94. The number of rotatable bonds is 2. The first kappa shape index (κ1) is 11.7. The number of aromatic amines is 1. The Kier molecular flexibility index (Phi) is 2.68. The van der Waals surface area contributed by atoms with Crippen LogP contribution in [0, 0.1) is 18.3 Å². The minimum absolute atomic E-state index is 0.568. The van der Waals surface area contributed by atoms with E-state index in [4.69, 9.17) is 0 Å². The molecule has 94 valence electrons. The first-order valence-electron chi connectivity index (χ1n) is 5.46. The SMILES string of the molecule is Cc1nn(C)c(Sc2ncnc3nc[nH]c23)c1C#N. The van der Waals surface area contributed by atoms with Crippen LogP contribution in [0.1, 0.15) is 11.3 Å². The van der Waals surface area contributed by atoms with Gasteiger partial charge in [0, 0.05) is 7.05 Å². The molecule has 0 saturated carbocycles. The van der Waals surface area contributed by atoms with Gasteiger partial charge in [0.05, 0.1) is 12.0 Å². The van der Waals surface area contributed by atoms with Gasteiger partial charge in [-0.1, -0.05) is 0 Å². The summed E-state index contributed by atoms with van der Waals surface area (Å²) in [5.74, 6) is 0. The number of nitrogens with zero attached hydrogens (tertiary/aromatic N) is 6. The average molecular weight is 271 g/mol. The maximum Gasteiger partial charge on any atom is 0.181 e. The van der Waals surface area contributed by atoms with Crippen molar-refractivity contribution in [3.8, 4) is 6.07 Å². The summed E-state index contributed by atoms with van der Waals surface area (Å²) < 4.78 is 1.68. The topological polar surface area (TPSA) is 96.1 Å². The molecule has 3 aromatic heterocycles. The Morgan fingerprint density at radius 1 is 1.37 bits per heavy atom. The summed E-state index contributed by atoms with van der Waals surface area (Å²) in [6.07, 6.45) is 3.03. The van der Waals surface area contributed by atoms with Crippen LogP contribution in [0.4, 0.5) is 0 Å². The van der Waals surface area contributed by atoms with Crippen LogP contribution < -0.4 is 0 Å². The fourth-order valence-electron chi connectivity index (χ4n) is 1.79. The number of hydrogen-bond acceptors (Lipinski definition) is 6. The maximum absolute atomic E-state index is 9.19. The number of imidazole rings is 1. The molecule has 0 saturated heterocycles.